The van der Waals surface area contributed by atoms with Crippen molar-refractivity contribution in [3.8, 4) is 0 Å². The molecule has 0 radical (unpaired) electrons. The maximum atomic E-state index is 12.6. The van der Waals surface area contributed by atoms with E-state index in [1.165, 1.54) is 6.42 Å². The van der Waals surface area contributed by atoms with Crippen molar-refractivity contribution in [1.29, 1.82) is 0 Å². The number of piperidine rings is 1. The van der Waals surface area contributed by atoms with E-state index in [0.29, 0.717) is 12.1 Å². The van der Waals surface area contributed by atoms with E-state index in [4.69, 9.17) is 0 Å². The first-order valence-electron chi connectivity index (χ1n) is 8.79. The molecule has 0 aromatic heterocycles. The first-order chi connectivity index (χ1) is 10.0. The zero-order valence-electron chi connectivity index (χ0n) is 14.7. The SMILES string of the molecule is CCN(CC)CCCN[C@H](C)C(=O)N1[C@H](C)CCC[C@@H]1C. The van der Waals surface area contributed by atoms with E-state index in [0.717, 1.165) is 45.4 Å². The molecule has 1 amide bonds. The summed E-state index contributed by atoms with van der Waals surface area (Å²) in [7, 11) is 0. The highest BCUT2D eigenvalue weighted by atomic mass is 16.2. The molecule has 0 bridgehead atoms. The third-order valence-corrected chi connectivity index (χ3v) is 4.81. The Kier molecular flexibility index (Phi) is 8.27. The van der Waals surface area contributed by atoms with Gasteiger partial charge in [0.25, 0.3) is 0 Å². The molecule has 3 atom stereocenters. The molecule has 1 aliphatic rings. The van der Waals surface area contributed by atoms with Crippen molar-refractivity contribution in [2.75, 3.05) is 26.2 Å². The lowest BCUT2D eigenvalue weighted by molar-refractivity contribution is -0.139. The fourth-order valence-corrected chi connectivity index (χ4v) is 3.33. The molecule has 1 rings (SSSR count). The summed E-state index contributed by atoms with van der Waals surface area (Å²) in [5.41, 5.74) is 0. The van der Waals surface area contributed by atoms with E-state index >= 15 is 0 Å². The van der Waals surface area contributed by atoms with Crippen LogP contribution in [-0.2, 0) is 4.79 Å². The number of hydrogen-bond donors (Lipinski definition) is 1. The van der Waals surface area contributed by atoms with E-state index in [1.807, 2.05) is 6.92 Å². The van der Waals surface area contributed by atoms with Crippen LogP contribution >= 0.6 is 0 Å². The van der Waals surface area contributed by atoms with Crippen molar-refractivity contribution in [3.05, 3.63) is 0 Å². The van der Waals surface area contributed by atoms with Gasteiger partial charge in [-0.25, -0.2) is 0 Å². The fourth-order valence-electron chi connectivity index (χ4n) is 3.33. The number of nitrogens with zero attached hydrogens (tertiary/aromatic N) is 2. The number of likely N-dealkylation sites (tertiary alicyclic amines) is 1. The maximum Gasteiger partial charge on any atom is 0.239 e. The van der Waals surface area contributed by atoms with E-state index in [9.17, 15) is 4.79 Å². The van der Waals surface area contributed by atoms with Crippen LogP contribution in [0.2, 0.25) is 0 Å². The molecule has 0 aromatic rings. The molecule has 1 heterocycles. The van der Waals surface area contributed by atoms with Gasteiger partial charge < -0.3 is 15.1 Å². The molecule has 0 unspecified atom stereocenters. The number of nitrogens with one attached hydrogen (secondary N) is 1. The van der Waals surface area contributed by atoms with Crippen LogP contribution in [0.1, 0.15) is 60.3 Å². The van der Waals surface area contributed by atoms with Crippen LogP contribution in [0, 0.1) is 0 Å². The summed E-state index contributed by atoms with van der Waals surface area (Å²) in [6, 6.07) is 0.715. The standard InChI is InChI=1S/C17H35N3O/c1-6-19(7-2)13-9-12-18-16(5)17(21)20-14(3)10-8-11-15(20)4/h14-16,18H,6-13H2,1-5H3/t14-,15+,16-/m1/s1. The minimum atomic E-state index is -0.0651. The summed E-state index contributed by atoms with van der Waals surface area (Å²) >= 11 is 0. The smallest absolute Gasteiger partial charge is 0.239 e. The highest BCUT2D eigenvalue weighted by Gasteiger charge is 2.31. The van der Waals surface area contributed by atoms with Crippen LogP contribution in [-0.4, -0.2) is 60.0 Å². The highest BCUT2D eigenvalue weighted by Crippen LogP contribution is 2.23. The molecule has 1 aliphatic heterocycles. The third kappa shape index (κ3) is 5.59. The fraction of sp³-hybridized carbons (Fsp3) is 0.941. The van der Waals surface area contributed by atoms with E-state index < -0.39 is 0 Å². The van der Waals surface area contributed by atoms with Gasteiger partial charge in [-0.05, 0) is 72.6 Å². The van der Waals surface area contributed by atoms with Crippen molar-refractivity contribution < 1.29 is 4.79 Å². The first-order valence-corrected chi connectivity index (χ1v) is 8.79. The molecule has 1 saturated heterocycles. The topological polar surface area (TPSA) is 35.6 Å². The Morgan fingerprint density at radius 2 is 1.81 bits per heavy atom. The quantitative estimate of drug-likeness (QED) is 0.699. The van der Waals surface area contributed by atoms with E-state index in [1.54, 1.807) is 0 Å². The van der Waals surface area contributed by atoms with Crippen LogP contribution in [0.3, 0.4) is 0 Å². The first kappa shape index (κ1) is 18.4. The van der Waals surface area contributed by atoms with Crippen LogP contribution < -0.4 is 5.32 Å². The van der Waals surface area contributed by atoms with Gasteiger partial charge in [0.1, 0.15) is 0 Å². The highest BCUT2D eigenvalue weighted by molar-refractivity contribution is 5.82. The molecule has 0 spiro atoms. The molecule has 21 heavy (non-hydrogen) atoms. The molecule has 124 valence electrons. The lowest BCUT2D eigenvalue weighted by Crippen LogP contribution is -2.54. The lowest BCUT2D eigenvalue weighted by atomic mass is 9.96. The molecule has 0 aromatic carbocycles. The maximum absolute atomic E-state index is 12.6. The van der Waals surface area contributed by atoms with Crippen LogP contribution in [0.4, 0.5) is 0 Å². The van der Waals surface area contributed by atoms with E-state index in [-0.39, 0.29) is 11.9 Å². The van der Waals surface area contributed by atoms with Crippen molar-refractivity contribution >= 4 is 5.91 Å². The van der Waals surface area contributed by atoms with Gasteiger partial charge in [-0.3, -0.25) is 4.79 Å². The Hall–Kier alpha value is -0.610. The summed E-state index contributed by atoms with van der Waals surface area (Å²) in [6.45, 7) is 15.0. The monoisotopic (exact) mass is 297 g/mol. The second kappa shape index (κ2) is 9.42. The van der Waals surface area contributed by atoms with Gasteiger partial charge in [0.2, 0.25) is 5.91 Å². The van der Waals surface area contributed by atoms with Crippen LogP contribution in [0.25, 0.3) is 0 Å². The average Bonchev–Trinajstić information content (AvgIpc) is 2.46. The van der Waals surface area contributed by atoms with Crippen LogP contribution in [0.15, 0.2) is 0 Å². The van der Waals surface area contributed by atoms with E-state index in [2.05, 4.69) is 42.8 Å². The second-order valence-corrected chi connectivity index (χ2v) is 6.43. The number of carbonyl (C=O) groups is 1. The normalized spacial score (nSPS) is 24.4. The van der Waals surface area contributed by atoms with Crippen molar-refractivity contribution in [2.45, 2.75) is 78.4 Å². The third-order valence-electron chi connectivity index (χ3n) is 4.81. The minimum absolute atomic E-state index is 0.0651. The molecule has 4 heteroatoms. The summed E-state index contributed by atoms with van der Waals surface area (Å²) in [5.74, 6) is 0.275. The van der Waals surface area contributed by atoms with Gasteiger partial charge in [-0.15, -0.1) is 0 Å². The summed E-state index contributed by atoms with van der Waals surface area (Å²) in [4.78, 5) is 17.1. The van der Waals surface area contributed by atoms with Gasteiger partial charge in [-0.1, -0.05) is 13.8 Å². The Morgan fingerprint density at radius 3 is 2.33 bits per heavy atom. The summed E-state index contributed by atoms with van der Waals surface area (Å²) in [6.07, 6.45) is 4.64. The molecule has 0 aliphatic carbocycles. The van der Waals surface area contributed by atoms with Crippen LogP contribution in [0.5, 0.6) is 0 Å². The predicted molar refractivity (Wildman–Crippen MR) is 89.5 cm³/mol. The molecule has 1 N–H and O–H groups in total. The minimum Gasteiger partial charge on any atom is -0.336 e. The lowest BCUT2D eigenvalue weighted by Gasteiger charge is -2.40. The molecule has 1 fully saturated rings. The Bertz CT molecular complexity index is 294. The number of rotatable bonds is 8. The van der Waals surface area contributed by atoms with Crippen molar-refractivity contribution in [2.24, 2.45) is 0 Å². The van der Waals surface area contributed by atoms with Gasteiger partial charge in [-0.2, -0.15) is 0 Å². The number of hydrogen-bond acceptors (Lipinski definition) is 3. The Labute approximate surface area is 131 Å². The average molecular weight is 297 g/mol. The van der Waals surface area contributed by atoms with Gasteiger partial charge in [0.05, 0.1) is 6.04 Å². The van der Waals surface area contributed by atoms with Gasteiger partial charge in [0, 0.05) is 12.1 Å². The zero-order valence-corrected chi connectivity index (χ0v) is 14.7. The molecular weight excluding hydrogens is 262 g/mol. The van der Waals surface area contributed by atoms with Crippen molar-refractivity contribution in [1.82, 2.24) is 15.1 Å². The summed E-state index contributed by atoms with van der Waals surface area (Å²) in [5, 5.41) is 3.41. The number of amides is 1. The molecule has 4 nitrogen and oxygen atoms in total. The molecule has 0 saturated carbocycles. The second-order valence-electron chi connectivity index (χ2n) is 6.43. The van der Waals surface area contributed by atoms with Gasteiger partial charge in [0.15, 0.2) is 0 Å². The number of carbonyl (C=O) groups excluding carboxylic acids is 1. The molecular formula is C17H35N3O. The zero-order chi connectivity index (χ0) is 15.8. The summed E-state index contributed by atoms with van der Waals surface area (Å²) < 4.78 is 0. The largest absolute Gasteiger partial charge is 0.336 e. The van der Waals surface area contributed by atoms with Crippen molar-refractivity contribution in [3.63, 3.8) is 0 Å². The Balaban J connectivity index is 2.33. The Morgan fingerprint density at radius 1 is 1.24 bits per heavy atom. The predicted octanol–water partition coefficient (Wildman–Crippen LogP) is 2.49. The van der Waals surface area contributed by atoms with Gasteiger partial charge >= 0.3 is 0 Å².